The third-order valence-electron chi connectivity index (χ3n) is 7.18. The molecular formula is C26H27F6N3O5S. The van der Waals surface area contributed by atoms with Crippen LogP contribution in [0.15, 0.2) is 42.5 Å². The topological polar surface area (TPSA) is 108 Å². The van der Waals surface area contributed by atoms with Gasteiger partial charge < -0.3 is 19.5 Å². The van der Waals surface area contributed by atoms with Gasteiger partial charge in [0.2, 0.25) is 11.4 Å². The minimum absolute atomic E-state index is 0.0261. The van der Waals surface area contributed by atoms with Gasteiger partial charge in [-0.25, -0.2) is 4.21 Å². The number of alkyl halides is 6. The molecule has 2 aromatic carbocycles. The third kappa shape index (κ3) is 6.27. The van der Waals surface area contributed by atoms with Crippen LogP contribution in [0.5, 0.6) is 0 Å². The number of fused-ring (bicyclic) bond motifs is 1. The Morgan fingerprint density at radius 2 is 1.63 bits per heavy atom. The van der Waals surface area contributed by atoms with Gasteiger partial charge in [-0.3, -0.25) is 14.9 Å². The maximum atomic E-state index is 14.2. The summed E-state index contributed by atoms with van der Waals surface area (Å²) in [6.45, 7) is 1.33. The van der Waals surface area contributed by atoms with Gasteiger partial charge in [0.05, 0.1) is 5.75 Å². The van der Waals surface area contributed by atoms with Gasteiger partial charge >= 0.3 is 12.4 Å². The molecule has 2 heterocycles. The summed E-state index contributed by atoms with van der Waals surface area (Å²) in [7, 11) is 0. The molecule has 2 aliphatic rings. The van der Waals surface area contributed by atoms with Crippen molar-refractivity contribution in [3.05, 3.63) is 64.7 Å². The van der Waals surface area contributed by atoms with E-state index in [9.17, 15) is 40.1 Å². The predicted octanol–water partition coefficient (Wildman–Crippen LogP) is 4.54. The van der Waals surface area contributed by atoms with Crippen molar-refractivity contribution in [2.45, 2.75) is 62.0 Å². The summed E-state index contributed by atoms with van der Waals surface area (Å²) in [5, 5.41) is 4.29. The Morgan fingerprint density at radius 3 is 2.17 bits per heavy atom. The van der Waals surface area contributed by atoms with Gasteiger partial charge in [0.1, 0.15) is 6.04 Å². The van der Waals surface area contributed by atoms with E-state index in [1.807, 2.05) is 5.32 Å². The van der Waals surface area contributed by atoms with Gasteiger partial charge in [-0.15, -0.1) is 0 Å². The minimum Gasteiger partial charge on any atom is -0.381 e. The molecule has 2 aliphatic heterocycles. The lowest BCUT2D eigenvalue weighted by Crippen LogP contribution is -2.66. The number of carbonyl (C=O) groups excluding carboxylic acids is 2. The Bertz CT molecular complexity index is 1300. The average Bonchev–Trinajstić information content (AvgIpc) is 3.26. The molecule has 2 amide bonds. The van der Waals surface area contributed by atoms with Crippen LogP contribution in [0, 0.1) is 0 Å². The fourth-order valence-corrected chi connectivity index (χ4v) is 5.68. The number of ether oxygens (including phenoxy) is 1. The van der Waals surface area contributed by atoms with Crippen LogP contribution in [0.4, 0.5) is 32.0 Å². The van der Waals surface area contributed by atoms with Gasteiger partial charge in [-0.1, -0.05) is 30.3 Å². The monoisotopic (exact) mass is 607 g/mol. The average molecular weight is 608 g/mol. The molecule has 1 saturated heterocycles. The van der Waals surface area contributed by atoms with Crippen LogP contribution in [0.2, 0.25) is 0 Å². The molecule has 8 nitrogen and oxygen atoms in total. The van der Waals surface area contributed by atoms with Crippen LogP contribution in [0.3, 0.4) is 0 Å². The molecule has 41 heavy (non-hydrogen) atoms. The highest BCUT2D eigenvalue weighted by Crippen LogP contribution is 2.51. The third-order valence-corrected chi connectivity index (χ3v) is 7.76. The first kappa shape index (κ1) is 30.9. The molecule has 0 bridgehead atoms. The van der Waals surface area contributed by atoms with E-state index >= 15 is 0 Å². The summed E-state index contributed by atoms with van der Waals surface area (Å²) < 4.78 is 111. The van der Waals surface area contributed by atoms with Gasteiger partial charge in [0.15, 0.2) is 11.1 Å². The van der Waals surface area contributed by atoms with E-state index in [4.69, 9.17) is 9.29 Å². The number of nitrogens with one attached hydrogen (secondary N) is 2. The lowest BCUT2D eigenvalue weighted by atomic mass is 9.86. The number of nitrogens with zero attached hydrogens (tertiary/aromatic N) is 1. The molecular weight excluding hydrogens is 580 g/mol. The number of halogens is 6. The van der Waals surface area contributed by atoms with E-state index in [1.54, 1.807) is 6.07 Å². The summed E-state index contributed by atoms with van der Waals surface area (Å²) in [4.78, 5) is 26.8. The smallest absolute Gasteiger partial charge is 0.381 e. The molecule has 4 rings (SSSR count). The number of carbonyl (C=O) groups is 2. The van der Waals surface area contributed by atoms with E-state index in [-0.39, 0.29) is 44.0 Å². The number of hydrogen-bond acceptors (Lipinski definition) is 5. The molecule has 0 radical (unpaired) electrons. The van der Waals surface area contributed by atoms with Crippen molar-refractivity contribution >= 4 is 28.6 Å². The Balaban J connectivity index is 1.62. The lowest BCUT2D eigenvalue weighted by Gasteiger charge is -2.42. The standard InChI is InChI=1S/C26H27F6N3O5S/c1-15(36)35-13-17-12-16(14-41(38)39)2-7-21(17)22(35)23(37)33-19-5-3-18(4-6-19)24(25(27,28)29,26(30,31)32)34-20-8-10-40-11-9-20/h2-7,12,20,22,34H,8-11,13-14H2,1H3,(H,33,37)(H,38,39). The Hall–Kier alpha value is -3.01. The maximum Gasteiger partial charge on any atom is 0.419 e. The minimum atomic E-state index is -5.74. The summed E-state index contributed by atoms with van der Waals surface area (Å²) in [5.74, 6) is -1.34. The van der Waals surface area contributed by atoms with Crippen LogP contribution >= 0.6 is 0 Å². The Morgan fingerprint density at radius 1 is 1.02 bits per heavy atom. The van der Waals surface area contributed by atoms with Crippen LogP contribution in [0.1, 0.15) is 48.1 Å². The molecule has 15 heteroatoms. The van der Waals surface area contributed by atoms with Crippen molar-refractivity contribution in [1.29, 1.82) is 0 Å². The Kier molecular flexibility index (Phi) is 8.83. The fourth-order valence-electron chi connectivity index (χ4n) is 5.21. The zero-order valence-corrected chi connectivity index (χ0v) is 22.5. The second-order valence-corrected chi connectivity index (χ2v) is 10.8. The molecule has 2 unspecified atom stereocenters. The molecule has 0 aromatic heterocycles. The second kappa shape index (κ2) is 11.7. The van der Waals surface area contributed by atoms with Gasteiger partial charge in [-0.05, 0) is 47.2 Å². The normalized spacial score (nSPS) is 19.1. The van der Waals surface area contributed by atoms with Crippen molar-refractivity contribution in [3.8, 4) is 0 Å². The van der Waals surface area contributed by atoms with Crippen molar-refractivity contribution in [1.82, 2.24) is 10.2 Å². The van der Waals surface area contributed by atoms with Crippen molar-refractivity contribution < 1.29 is 49.4 Å². The number of amides is 2. The molecule has 224 valence electrons. The highest BCUT2D eigenvalue weighted by molar-refractivity contribution is 7.78. The largest absolute Gasteiger partial charge is 0.419 e. The van der Waals surface area contributed by atoms with E-state index in [1.165, 1.54) is 24.0 Å². The van der Waals surface area contributed by atoms with Crippen molar-refractivity contribution in [2.24, 2.45) is 0 Å². The first-order chi connectivity index (χ1) is 19.1. The number of benzene rings is 2. The Labute approximate surface area is 233 Å². The highest BCUT2D eigenvalue weighted by Gasteiger charge is 2.72. The SMILES string of the molecule is CC(=O)N1Cc2cc(CS(=O)O)ccc2C1C(=O)Nc1ccc(C(NC2CCOCC2)(C(F)(F)F)C(F)(F)F)cc1. The fraction of sp³-hybridized carbons (Fsp3) is 0.462. The number of anilines is 1. The molecule has 0 aliphatic carbocycles. The van der Waals surface area contributed by atoms with Crippen molar-refractivity contribution in [2.75, 3.05) is 18.5 Å². The maximum absolute atomic E-state index is 14.2. The number of rotatable bonds is 7. The molecule has 2 aromatic rings. The van der Waals surface area contributed by atoms with Gasteiger partial charge in [0, 0.05) is 38.4 Å². The van der Waals surface area contributed by atoms with Gasteiger partial charge in [0.25, 0.3) is 5.91 Å². The van der Waals surface area contributed by atoms with Crippen LogP contribution in [-0.4, -0.2) is 57.1 Å². The quantitative estimate of drug-likeness (QED) is 0.315. The zero-order chi connectivity index (χ0) is 30.2. The van der Waals surface area contributed by atoms with Crippen LogP contribution < -0.4 is 10.6 Å². The first-order valence-corrected chi connectivity index (χ1v) is 13.8. The highest BCUT2D eigenvalue weighted by atomic mass is 32.2. The summed E-state index contributed by atoms with van der Waals surface area (Å²) in [6, 6.07) is 5.66. The lowest BCUT2D eigenvalue weighted by molar-refractivity contribution is -0.317. The predicted molar refractivity (Wildman–Crippen MR) is 136 cm³/mol. The summed E-state index contributed by atoms with van der Waals surface area (Å²) in [5.41, 5.74) is -4.00. The van der Waals surface area contributed by atoms with E-state index in [0.29, 0.717) is 28.8 Å². The molecule has 2 atom stereocenters. The molecule has 0 saturated carbocycles. The van der Waals surface area contributed by atoms with E-state index in [2.05, 4.69) is 5.32 Å². The van der Waals surface area contributed by atoms with Crippen LogP contribution in [-0.2, 0) is 43.2 Å². The second-order valence-electron chi connectivity index (χ2n) is 9.89. The van der Waals surface area contributed by atoms with Gasteiger partial charge in [-0.2, -0.15) is 26.3 Å². The molecule has 3 N–H and O–H groups in total. The molecule has 0 spiro atoms. The summed E-state index contributed by atoms with van der Waals surface area (Å²) in [6.07, 6.45) is -11.6. The van der Waals surface area contributed by atoms with Crippen molar-refractivity contribution in [3.63, 3.8) is 0 Å². The number of hydrogen-bond donors (Lipinski definition) is 3. The van der Waals surface area contributed by atoms with E-state index < -0.39 is 58.4 Å². The van der Waals surface area contributed by atoms with E-state index in [0.717, 1.165) is 12.1 Å². The van der Waals surface area contributed by atoms with Crippen LogP contribution in [0.25, 0.3) is 0 Å². The summed E-state index contributed by atoms with van der Waals surface area (Å²) >= 11 is -2.11. The first-order valence-electron chi connectivity index (χ1n) is 12.5. The zero-order valence-electron chi connectivity index (χ0n) is 21.6. The molecule has 1 fully saturated rings.